The number of carbonyl (C=O) groups is 3. The number of ether oxygens (including phenoxy) is 2. The molecule has 0 saturated carbocycles. The summed E-state index contributed by atoms with van der Waals surface area (Å²) in [4.78, 5) is 40.8. The summed E-state index contributed by atoms with van der Waals surface area (Å²) >= 11 is 18.8. The molecule has 0 aliphatic rings. The summed E-state index contributed by atoms with van der Waals surface area (Å²) in [7, 11) is 2.30. The smallest absolute Gasteiger partial charge is 0.345 e. The van der Waals surface area contributed by atoms with E-state index >= 15 is 0 Å². The highest BCUT2D eigenvalue weighted by Gasteiger charge is 2.22. The van der Waals surface area contributed by atoms with E-state index in [1.54, 1.807) is 30.3 Å². The first-order valence-corrected chi connectivity index (χ1v) is 10.4. The molecule has 0 saturated heterocycles. The van der Waals surface area contributed by atoms with Crippen molar-refractivity contribution in [3.63, 3.8) is 0 Å². The van der Waals surface area contributed by atoms with Crippen LogP contribution in [0.4, 0.5) is 5.69 Å². The molecule has 31 heavy (non-hydrogen) atoms. The monoisotopic (exact) mass is 500 g/mol. The van der Waals surface area contributed by atoms with Crippen molar-refractivity contribution in [3.8, 4) is 0 Å². The highest BCUT2D eigenvalue weighted by molar-refractivity contribution is 8.17. The first-order chi connectivity index (χ1) is 14.7. The van der Waals surface area contributed by atoms with E-state index < -0.39 is 17.8 Å². The van der Waals surface area contributed by atoms with Gasteiger partial charge in [0.2, 0.25) is 0 Å². The zero-order valence-electron chi connectivity index (χ0n) is 16.1. The molecule has 0 atom stereocenters. The highest BCUT2D eigenvalue weighted by atomic mass is 35.5. The number of rotatable bonds is 5. The van der Waals surface area contributed by atoms with Gasteiger partial charge < -0.3 is 14.8 Å². The van der Waals surface area contributed by atoms with E-state index in [2.05, 4.69) is 19.8 Å². The molecule has 162 valence electrons. The number of methoxy groups -OCH3 is 2. The van der Waals surface area contributed by atoms with Gasteiger partial charge in [0.25, 0.3) is 5.91 Å². The number of hydrogen-bond donors (Lipinski definition) is 1. The van der Waals surface area contributed by atoms with E-state index in [4.69, 9.17) is 34.8 Å². The van der Waals surface area contributed by atoms with Crippen LogP contribution in [0.1, 0.15) is 10.4 Å². The molecular formula is C20H15Cl3N2O5S. The Morgan fingerprint density at radius 2 is 1.61 bits per heavy atom. The lowest BCUT2D eigenvalue weighted by Gasteiger charge is -2.12. The van der Waals surface area contributed by atoms with Crippen LogP contribution in [0.25, 0.3) is 0 Å². The lowest BCUT2D eigenvalue weighted by atomic mass is 10.2. The maximum atomic E-state index is 12.9. The third-order valence-corrected chi connectivity index (χ3v) is 5.19. The number of hydrogen-bond acceptors (Lipinski definition) is 7. The number of nitrogens with one attached hydrogen (secondary N) is 1. The van der Waals surface area contributed by atoms with Crippen molar-refractivity contribution in [2.24, 2.45) is 4.99 Å². The Balaban J connectivity index is 2.45. The van der Waals surface area contributed by atoms with Crippen LogP contribution in [-0.4, -0.2) is 37.2 Å². The molecule has 0 bridgehead atoms. The summed E-state index contributed by atoms with van der Waals surface area (Å²) in [5, 5.41) is 2.81. The third kappa shape index (κ3) is 7.29. The van der Waals surface area contributed by atoms with Crippen molar-refractivity contribution in [2.45, 2.75) is 0 Å². The minimum atomic E-state index is -0.826. The minimum Gasteiger partial charge on any atom is -0.466 e. The Morgan fingerprint density at radius 1 is 1.00 bits per heavy atom. The van der Waals surface area contributed by atoms with Crippen molar-refractivity contribution < 1.29 is 23.9 Å². The average molecular weight is 502 g/mol. The van der Waals surface area contributed by atoms with Crippen molar-refractivity contribution >= 4 is 75.3 Å². The SMILES string of the molecule is COC(=O)C=C(SC(=Nc1ccccc1)NC(=O)c1c(Cl)cc(Cl)cc1Cl)C(=O)OC. The van der Waals surface area contributed by atoms with Gasteiger partial charge in [0, 0.05) is 11.1 Å². The van der Waals surface area contributed by atoms with Crippen LogP contribution in [0, 0.1) is 0 Å². The summed E-state index contributed by atoms with van der Waals surface area (Å²) in [5.41, 5.74) is 0.437. The molecule has 2 aromatic carbocycles. The van der Waals surface area contributed by atoms with E-state index in [-0.39, 0.29) is 30.7 Å². The van der Waals surface area contributed by atoms with Crippen LogP contribution >= 0.6 is 46.6 Å². The Morgan fingerprint density at radius 3 is 2.16 bits per heavy atom. The molecule has 1 N–H and O–H groups in total. The third-order valence-electron chi connectivity index (χ3n) is 3.48. The van der Waals surface area contributed by atoms with Crippen molar-refractivity contribution in [1.29, 1.82) is 0 Å². The molecule has 0 heterocycles. The lowest BCUT2D eigenvalue weighted by molar-refractivity contribution is -0.137. The number of aliphatic imine (C=N–C) groups is 1. The first-order valence-electron chi connectivity index (χ1n) is 8.40. The fourth-order valence-electron chi connectivity index (χ4n) is 2.12. The Kier molecular flexibility index (Phi) is 9.39. The Hall–Kier alpha value is -2.52. The lowest BCUT2D eigenvalue weighted by Crippen LogP contribution is -2.29. The van der Waals surface area contributed by atoms with Crippen LogP contribution in [0.3, 0.4) is 0 Å². The first kappa shape index (κ1) is 24.7. The quantitative estimate of drug-likeness (QED) is 0.267. The summed E-state index contributed by atoms with van der Waals surface area (Å²) in [5.74, 6) is -2.31. The number of nitrogens with zero attached hydrogens (tertiary/aromatic N) is 1. The number of para-hydroxylation sites is 1. The minimum absolute atomic E-state index is 0.0253. The van der Waals surface area contributed by atoms with Gasteiger partial charge in [-0.1, -0.05) is 53.0 Å². The van der Waals surface area contributed by atoms with E-state index in [1.165, 1.54) is 12.1 Å². The fraction of sp³-hybridized carbons (Fsp3) is 0.100. The number of amides is 1. The summed E-state index contributed by atoms with van der Waals surface area (Å²) in [6, 6.07) is 11.3. The van der Waals surface area contributed by atoms with Gasteiger partial charge in [-0.05, 0) is 36.0 Å². The van der Waals surface area contributed by atoms with Crippen LogP contribution in [0.15, 0.2) is 58.4 Å². The zero-order valence-corrected chi connectivity index (χ0v) is 19.2. The van der Waals surface area contributed by atoms with Crippen LogP contribution in [0.2, 0.25) is 15.1 Å². The molecule has 0 fully saturated rings. The van der Waals surface area contributed by atoms with Gasteiger partial charge in [0.15, 0.2) is 5.17 Å². The molecule has 2 aromatic rings. The second-order valence-electron chi connectivity index (χ2n) is 5.58. The number of amidine groups is 1. The summed E-state index contributed by atoms with van der Waals surface area (Å²) in [6.07, 6.45) is 0.922. The summed E-state index contributed by atoms with van der Waals surface area (Å²) in [6.45, 7) is 0. The average Bonchev–Trinajstić information content (AvgIpc) is 2.72. The van der Waals surface area contributed by atoms with Gasteiger partial charge in [-0.25, -0.2) is 14.6 Å². The van der Waals surface area contributed by atoms with Gasteiger partial charge in [-0.15, -0.1) is 0 Å². The maximum absolute atomic E-state index is 12.9. The van der Waals surface area contributed by atoms with Crippen molar-refractivity contribution in [3.05, 3.63) is 74.1 Å². The molecule has 0 aliphatic heterocycles. The van der Waals surface area contributed by atoms with Crippen LogP contribution in [0.5, 0.6) is 0 Å². The van der Waals surface area contributed by atoms with Crippen LogP contribution < -0.4 is 5.32 Å². The predicted octanol–water partition coefficient (Wildman–Crippen LogP) is 5.03. The predicted molar refractivity (Wildman–Crippen MR) is 122 cm³/mol. The second-order valence-corrected chi connectivity index (χ2v) is 7.86. The molecule has 1 amide bonds. The maximum Gasteiger partial charge on any atom is 0.345 e. The Labute approximate surface area is 197 Å². The molecule has 7 nitrogen and oxygen atoms in total. The van der Waals surface area contributed by atoms with E-state index in [9.17, 15) is 14.4 Å². The highest BCUT2D eigenvalue weighted by Crippen LogP contribution is 2.29. The zero-order chi connectivity index (χ0) is 23.0. The number of carbonyl (C=O) groups excluding carboxylic acids is 3. The fourth-order valence-corrected chi connectivity index (χ4v) is 3.93. The number of esters is 2. The molecule has 2 rings (SSSR count). The molecule has 11 heteroatoms. The second kappa shape index (κ2) is 11.8. The molecule has 0 spiro atoms. The van der Waals surface area contributed by atoms with Gasteiger partial charge in [-0.2, -0.15) is 0 Å². The van der Waals surface area contributed by atoms with E-state index in [0.717, 1.165) is 20.3 Å². The van der Waals surface area contributed by atoms with Gasteiger partial charge in [0.05, 0.1) is 35.5 Å². The van der Waals surface area contributed by atoms with Crippen molar-refractivity contribution in [2.75, 3.05) is 14.2 Å². The molecule has 0 aliphatic carbocycles. The van der Waals surface area contributed by atoms with Crippen LogP contribution in [-0.2, 0) is 19.1 Å². The Bertz CT molecular complexity index is 1040. The largest absolute Gasteiger partial charge is 0.466 e. The van der Waals surface area contributed by atoms with Gasteiger partial charge >= 0.3 is 11.9 Å². The number of benzene rings is 2. The molecule has 0 radical (unpaired) electrons. The normalized spacial score (nSPS) is 11.6. The molecule has 0 unspecified atom stereocenters. The van der Waals surface area contributed by atoms with E-state index in [0.29, 0.717) is 17.4 Å². The van der Waals surface area contributed by atoms with Crippen molar-refractivity contribution in [1.82, 2.24) is 5.32 Å². The topological polar surface area (TPSA) is 94.1 Å². The molecular weight excluding hydrogens is 487 g/mol. The molecule has 0 aromatic heterocycles. The number of thioether (sulfide) groups is 1. The number of halogens is 3. The standard InChI is InChI=1S/C20H15Cl3N2O5S/c1-29-16(26)10-15(19(28)30-2)31-20(24-12-6-4-3-5-7-12)25-18(27)17-13(22)8-11(21)9-14(17)23/h3-10H,1-2H3,(H,24,25,27). The van der Waals surface area contributed by atoms with Gasteiger partial charge in [-0.3, -0.25) is 4.79 Å². The summed E-state index contributed by atoms with van der Waals surface area (Å²) < 4.78 is 9.25. The van der Waals surface area contributed by atoms with E-state index in [1.807, 2.05) is 0 Å². The van der Waals surface area contributed by atoms with Gasteiger partial charge in [0.1, 0.15) is 4.91 Å².